The van der Waals surface area contributed by atoms with Gasteiger partial charge in [0, 0.05) is 24.2 Å². The number of hydrogen-bond donors (Lipinski definition) is 2. The van der Waals surface area contributed by atoms with Gasteiger partial charge in [-0.25, -0.2) is 9.48 Å². The number of hydrogen-bond acceptors (Lipinski definition) is 5. The Morgan fingerprint density at radius 2 is 1.50 bits per heavy atom. The van der Waals surface area contributed by atoms with E-state index in [2.05, 4.69) is 31.4 Å². The minimum Gasteiger partial charge on any atom is -0.497 e. The number of anilines is 2. The van der Waals surface area contributed by atoms with Gasteiger partial charge in [-0.3, -0.25) is 4.79 Å². The molecule has 9 nitrogen and oxygen atoms in total. The highest BCUT2D eigenvalue weighted by Gasteiger charge is 2.22. The molecule has 0 unspecified atom stereocenters. The van der Waals surface area contributed by atoms with E-state index in [9.17, 15) is 9.59 Å². The van der Waals surface area contributed by atoms with Crippen molar-refractivity contribution in [2.45, 2.75) is 26.2 Å². The Labute approximate surface area is 199 Å². The first kappa shape index (κ1) is 24.6. The van der Waals surface area contributed by atoms with Crippen LogP contribution < -0.4 is 20.1 Å². The van der Waals surface area contributed by atoms with Gasteiger partial charge >= 0.3 is 6.03 Å². The van der Waals surface area contributed by atoms with E-state index in [4.69, 9.17) is 14.6 Å². The minimum atomic E-state index is -0.403. The van der Waals surface area contributed by atoms with E-state index in [0.717, 1.165) is 17.1 Å². The van der Waals surface area contributed by atoms with Crippen molar-refractivity contribution in [2.24, 2.45) is 0 Å². The standard InChI is InChI=1S/C25H31N5O4/c1-25(2,3)21-15-22(30(28-21)18-9-13-20(34-6)14-10-18)27-23(31)16-29(4)24(32)26-17-7-11-19(33-5)12-8-17/h7-15H,16H2,1-6H3,(H,26,32)(H,27,31). The fraction of sp³-hybridized carbons (Fsp3) is 0.320. The minimum absolute atomic E-state index is 0.138. The normalized spacial score (nSPS) is 11.0. The van der Waals surface area contributed by atoms with Crippen molar-refractivity contribution in [2.75, 3.05) is 38.4 Å². The van der Waals surface area contributed by atoms with Gasteiger partial charge in [0.05, 0.1) is 25.6 Å². The monoisotopic (exact) mass is 465 g/mol. The highest BCUT2D eigenvalue weighted by Crippen LogP contribution is 2.27. The van der Waals surface area contributed by atoms with Gasteiger partial charge in [0.2, 0.25) is 5.91 Å². The van der Waals surface area contributed by atoms with E-state index in [1.165, 1.54) is 4.90 Å². The zero-order chi connectivity index (χ0) is 24.9. The third kappa shape index (κ3) is 6.06. The van der Waals surface area contributed by atoms with Crippen LogP contribution in [0.15, 0.2) is 54.6 Å². The van der Waals surface area contributed by atoms with Gasteiger partial charge in [-0.15, -0.1) is 0 Å². The van der Waals surface area contributed by atoms with Crippen LogP contribution in [-0.2, 0) is 10.2 Å². The third-order valence-electron chi connectivity index (χ3n) is 5.13. The summed E-state index contributed by atoms with van der Waals surface area (Å²) in [5, 5.41) is 10.3. The Balaban J connectivity index is 1.72. The van der Waals surface area contributed by atoms with E-state index >= 15 is 0 Å². The number of methoxy groups -OCH3 is 2. The van der Waals surface area contributed by atoms with Gasteiger partial charge in [0.15, 0.2) is 0 Å². The lowest BCUT2D eigenvalue weighted by Crippen LogP contribution is -2.37. The second kappa shape index (κ2) is 10.3. The van der Waals surface area contributed by atoms with Crippen LogP contribution in [0.2, 0.25) is 0 Å². The summed E-state index contributed by atoms with van der Waals surface area (Å²) in [6.45, 7) is 6.02. The topological polar surface area (TPSA) is 97.7 Å². The number of ether oxygens (including phenoxy) is 2. The first-order valence-electron chi connectivity index (χ1n) is 10.8. The average molecular weight is 466 g/mol. The van der Waals surface area contributed by atoms with Crippen LogP contribution >= 0.6 is 0 Å². The number of carbonyl (C=O) groups excluding carboxylic acids is 2. The zero-order valence-corrected chi connectivity index (χ0v) is 20.4. The molecule has 1 heterocycles. The number of nitrogens with one attached hydrogen (secondary N) is 2. The molecule has 0 aliphatic rings. The maximum atomic E-state index is 12.8. The largest absolute Gasteiger partial charge is 0.497 e. The van der Waals surface area contributed by atoms with E-state index in [1.54, 1.807) is 50.2 Å². The molecule has 2 N–H and O–H groups in total. The maximum absolute atomic E-state index is 12.8. The van der Waals surface area contributed by atoms with Crippen molar-refractivity contribution in [1.29, 1.82) is 0 Å². The summed E-state index contributed by atoms with van der Waals surface area (Å²) in [4.78, 5) is 26.6. The summed E-state index contributed by atoms with van der Waals surface area (Å²) >= 11 is 0. The van der Waals surface area contributed by atoms with Gasteiger partial charge in [0.25, 0.3) is 0 Å². The lowest BCUT2D eigenvalue weighted by atomic mass is 9.92. The van der Waals surface area contributed by atoms with Gasteiger partial charge in [-0.05, 0) is 48.5 Å². The second-order valence-electron chi connectivity index (χ2n) is 8.84. The first-order valence-corrected chi connectivity index (χ1v) is 10.8. The van der Waals surface area contributed by atoms with E-state index in [0.29, 0.717) is 17.3 Å². The lowest BCUT2D eigenvalue weighted by molar-refractivity contribution is -0.116. The number of amides is 3. The van der Waals surface area contributed by atoms with Crippen LogP contribution in [0, 0.1) is 0 Å². The molecular weight excluding hydrogens is 434 g/mol. The molecule has 34 heavy (non-hydrogen) atoms. The van der Waals surface area contributed by atoms with Crippen LogP contribution in [0.25, 0.3) is 5.69 Å². The highest BCUT2D eigenvalue weighted by molar-refractivity contribution is 5.96. The van der Waals surface area contributed by atoms with E-state index in [-0.39, 0.29) is 17.9 Å². The van der Waals surface area contributed by atoms with Crippen molar-refractivity contribution in [3.05, 3.63) is 60.3 Å². The molecule has 0 aliphatic carbocycles. The van der Waals surface area contributed by atoms with Crippen molar-refractivity contribution in [3.8, 4) is 17.2 Å². The first-order chi connectivity index (χ1) is 16.1. The third-order valence-corrected chi connectivity index (χ3v) is 5.13. The summed E-state index contributed by atoms with van der Waals surface area (Å²) in [5.41, 5.74) is 1.98. The Hall–Kier alpha value is -4.01. The summed E-state index contributed by atoms with van der Waals surface area (Å²) in [6, 6.07) is 15.8. The lowest BCUT2D eigenvalue weighted by Gasteiger charge is -2.18. The zero-order valence-electron chi connectivity index (χ0n) is 20.4. The molecule has 9 heteroatoms. The van der Waals surface area contributed by atoms with Gasteiger partial charge in [-0.1, -0.05) is 20.8 Å². The number of carbonyl (C=O) groups is 2. The molecule has 2 aromatic carbocycles. The molecule has 0 fully saturated rings. The molecule has 3 aromatic rings. The fourth-order valence-corrected chi connectivity index (χ4v) is 3.12. The van der Waals surface area contributed by atoms with Gasteiger partial charge in [-0.2, -0.15) is 5.10 Å². The van der Waals surface area contributed by atoms with E-state index in [1.807, 2.05) is 30.3 Å². The Kier molecular flexibility index (Phi) is 7.45. The number of benzene rings is 2. The van der Waals surface area contributed by atoms with Crippen molar-refractivity contribution in [1.82, 2.24) is 14.7 Å². The summed E-state index contributed by atoms with van der Waals surface area (Å²) < 4.78 is 12.0. The molecule has 0 saturated heterocycles. The van der Waals surface area contributed by atoms with Gasteiger partial charge in [0.1, 0.15) is 23.9 Å². The van der Waals surface area contributed by atoms with Crippen molar-refractivity contribution >= 4 is 23.4 Å². The summed E-state index contributed by atoms with van der Waals surface area (Å²) in [7, 11) is 4.73. The molecule has 0 spiro atoms. The van der Waals surface area contributed by atoms with Crippen LogP contribution in [0.1, 0.15) is 26.5 Å². The second-order valence-corrected chi connectivity index (χ2v) is 8.84. The molecule has 0 radical (unpaired) electrons. The molecule has 3 rings (SSSR count). The van der Waals surface area contributed by atoms with Crippen molar-refractivity contribution in [3.63, 3.8) is 0 Å². The van der Waals surface area contributed by atoms with Gasteiger partial charge < -0.3 is 25.0 Å². The quantitative estimate of drug-likeness (QED) is 0.543. The highest BCUT2D eigenvalue weighted by atomic mass is 16.5. The Morgan fingerprint density at radius 3 is 2.03 bits per heavy atom. The molecular formula is C25H31N5O4. The number of aromatic nitrogens is 2. The predicted octanol–water partition coefficient (Wildman–Crippen LogP) is 4.29. The maximum Gasteiger partial charge on any atom is 0.322 e. The molecule has 0 atom stereocenters. The predicted molar refractivity (Wildman–Crippen MR) is 132 cm³/mol. The fourth-order valence-electron chi connectivity index (χ4n) is 3.12. The molecule has 180 valence electrons. The molecule has 0 bridgehead atoms. The van der Waals surface area contributed by atoms with Crippen molar-refractivity contribution < 1.29 is 19.1 Å². The van der Waals surface area contributed by atoms with Crippen LogP contribution in [0.5, 0.6) is 11.5 Å². The number of rotatable bonds is 7. The molecule has 1 aromatic heterocycles. The number of likely N-dealkylation sites (N-methyl/N-ethyl adjacent to an activating group) is 1. The Bertz CT molecular complexity index is 1130. The summed E-state index contributed by atoms with van der Waals surface area (Å²) in [6.07, 6.45) is 0. The van der Waals surface area contributed by atoms with E-state index < -0.39 is 6.03 Å². The molecule has 0 aliphatic heterocycles. The summed E-state index contributed by atoms with van der Waals surface area (Å²) in [5.74, 6) is 1.59. The SMILES string of the molecule is COc1ccc(NC(=O)N(C)CC(=O)Nc2cc(C(C)(C)C)nn2-c2ccc(OC)cc2)cc1. The average Bonchev–Trinajstić information content (AvgIpc) is 3.23. The van der Waals surface area contributed by atoms with Crippen LogP contribution in [-0.4, -0.2) is 54.4 Å². The molecule has 0 saturated carbocycles. The van der Waals surface area contributed by atoms with Crippen LogP contribution in [0.4, 0.5) is 16.3 Å². The molecule has 3 amide bonds. The smallest absolute Gasteiger partial charge is 0.322 e. The number of nitrogens with zero attached hydrogens (tertiary/aromatic N) is 3. The Morgan fingerprint density at radius 1 is 0.941 bits per heavy atom. The van der Waals surface area contributed by atoms with Crippen LogP contribution in [0.3, 0.4) is 0 Å². The number of urea groups is 1.